The van der Waals surface area contributed by atoms with E-state index in [1.54, 1.807) is 11.1 Å². The van der Waals surface area contributed by atoms with Crippen LogP contribution in [-0.4, -0.2) is 22.8 Å². The van der Waals surface area contributed by atoms with Crippen molar-refractivity contribution in [2.45, 2.75) is 26.3 Å². The molecule has 0 aliphatic rings. The second kappa shape index (κ2) is 7.79. The molecule has 0 saturated carbocycles. The number of benzene rings is 2. The van der Waals surface area contributed by atoms with Gasteiger partial charge in [-0.05, 0) is 12.5 Å². The molecule has 3 rings (SSSR count). The zero-order valence-corrected chi connectivity index (χ0v) is 14.6. The third kappa shape index (κ3) is 4.57. The Morgan fingerprint density at radius 1 is 1.08 bits per heavy atom. The molecule has 0 fully saturated rings. The highest BCUT2D eigenvalue weighted by molar-refractivity contribution is 5.76. The summed E-state index contributed by atoms with van der Waals surface area (Å²) in [6.07, 6.45) is 2.61. The molecule has 4 nitrogen and oxygen atoms in total. The van der Waals surface area contributed by atoms with Crippen LogP contribution in [0.3, 0.4) is 0 Å². The van der Waals surface area contributed by atoms with Crippen molar-refractivity contribution in [2.75, 3.05) is 7.05 Å². The molecule has 0 unspecified atom stereocenters. The molecule has 0 radical (unpaired) electrons. The van der Waals surface area contributed by atoms with Crippen LogP contribution in [0.4, 0.5) is 0 Å². The molecule has 0 atom stereocenters. The number of carbonyl (C=O) groups is 1. The van der Waals surface area contributed by atoms with E-state index in [0.29, 0.717) is 25.3 Å². The van der Waals surface area contributed by atoms with Gasteiger partial charge in [-0.3, -0.25) is 4.79 Å². The summed E-state index contributed by atoms with van der Waals surface area (Å²) in [4.78, 5) is 18.3. The normalized spacial score (nSPS) is 10.6. The minimum absolute atomic E-state index is 0.0824. The smallest absolute Gasteiger partial charge is 0.223 e. The fourth-order valence-corrected chi connectivity index (χ4v) is 2.63. The van der Waals surface area contributed by atoms with Gasteiger partial charge in [0.25, 0.3) is 0 Å². The Kier molecular flexibility index (Phi) is 5.29. The van der Waals surface area contributed by atoms with Gasteiger partial charge in [0.15, 0.2) is 11.7 Å². The lowest BCUT2D eigenvalue weighted by Gasteiger charge is -2.16. The average Bonchev–Trinajstić information content (AvgIpc) is 3.10. The number of aryl methyl sites for hydroxylation is 2. The van der Waals surface area contributed by atoms with Gasteiger partial charge in [0, 0.05) is 32.0 Å². The predicted octanol–water partition coefficient (Wildman–Crippen LogP) is 4.24. The maximum atomic E-state index is 12.3. The highest BCUT2D eigenvalue weighted by Crippen LogP contribution is 2.21. The summed E-state index contributed by atoms with van der Waals surface area (Å²) in [7, 11) is 1.82. The van der Waals surface area contributed by atoms with Gasteiger partial charge in [-0.1, -0.05) is 60.2 Å². The Balaban J connectivity index is 1.54. The molecule has 4 heteroatoms. The summed E-state index contributed by atoms with van der Waals surface area (Å²) >= 11 is 0. The second-order valence-corrected chi connectivity index (χ2v) is 6.22. The lowest BCUT2D eigenvalue weighted by molar-refractivity contribution is -0.130. The van der Waals surface area contributed by atoms with Crippen LogP contribution >= 0.6 is 0 Å². The Bertz CT molecular complexity index is 823. The van der Waals surface area contributed by atoms with Crippen molar-refractivity contribution >= 4 is 5.91 Å². The van der Waals surface area contributed by atoms with Gasteiger partial charge in [-0.15, -0.1) is 0 Å². The van der Waals surface area contributed by atoms with Gasteiger partial charge < -0.3 is 9.32 Å². The van der Waals surface area contributed by atoms with Crippen LogP contribution in [0.2, 0.25) is 0 Å². The molecule has 128 valence electrons. The zero-order chi connectivity index (χ0) is 17.6. The molecule has 0 aliphatic carbocycles. The molecule has 2 aromatic carbocycles. The number of hydrogen-bond acceptors (Lipinski definition) is 3. The van der Waals surface area contributed by atoms with E-state index in [1.807, 2.05) is 68.6 Å². The maximum absolute atomic E-state index is 12.3. The molecule has 0 saturated heterocycles. The summed E-state index contributed by atoms with van der Waals surface area (Å²) in [5.41, 5.74) is 3.32. The number of amides is 1. The minimum atomic E-state index is 0.0824. The van der Waals surface area contributed by atoms with Gasteiger partial charge in [0.05, 0.1) is 6.20 Å². The van der Waals surface area contributed by atoms with Gasteiger partial charge >= 0.3 is 0 Å². The molecule has 0 aliphatic heterocycles. The van der Waals surface area contributed by atoms with Crippen molar-refractivity contribution in [1.29, 1.82) is 0 Å². The van der Waals surface area contributed by atoms with Crippen LogP contribution in [0.5, 0.6) is 0 Å². The quantitative estimate of drug-likeness (QED) is 0.677. The summed E-state index contributed by atoms with van der Waals surface area (Å²) in [5, 5.41) is 0. The van der Waals surface area contributed by atoms with Crippen LogP contribution in [0.1, 0.15) is 23.4 Å². The molecule has 25 heavy (non-hydrogen) atoms. The van der Waals surface area contributed by atoms with Crippen molar-refractivity contribution < 1.29 is 9.21 Å². The van der Waals surface area contributed by atoms with Gasteiger partial charge in [0.2, 0.25) is 5.91 Å². The molecule has 3 aromatic rings. The topological polar surface area (TPSA) is 46.3 Å². The minimum Gasteiger partial charge on any atom is -0.441 e. The number of rotatable bonds is 6. The van der Waals surface area contributed by atoms with Crippen molar-refractivity contribution in [2.24, 2.45) is 0 Å². The monoisotopic (exact) mass is 334 g/mol. The lowest BCUT2D eigenvalue weighted by atomic mass is 10.1. The molecular formula is C21H22N2O2. The van der Waals surface area contributed by atoms with E-state index >= 15 is 0 Å². The second-order valence-electron chi connectivity index (χ2n) is 6.22. The van der Waals surface area contributed by atoms with Crippen LogP contribution in [0.15, 0.2) is 65.2 Å². The van der Waals surface area contributed by atoms with Crippen molar-refractivity contribution in [3.05, 3.63) is 77.8 Å². The number of nitrogens with zero attached hydrogens (tertiary/aromatic N) is 2. The SMILES string of the molecule is Cc1ccc(-c2cnc(CCC(=O)N(C)Cc3ccccc3)o2)cc1. The van der Waals surface area contributed by atoms with E-state index in [4.69, 9.17) is 4.42 Å². The lowest BCUT2D eigenvalue weighted by Crippen LogP contribution is -2.26. The van der Waals surface area contributed by atoms with Gasteiger partial charge in [-0.25, -0.2) is 4.98 Å². The summed E-state index contributed by atoms with van der Waals surface area (Å²) in [5.74, 6) is 1.41. The van der Waals surface area contributed by atoms with Gasteiger partial charge in [-0.2, -0.15) is 0 Å². The Labute approximate surface area is 148 Å². The molecule has 1 amide bonds. The summed E-state index contributed by atoms with van der Waals surface area (Å²) in [6, 6.07) is 18.1. The van der Waals surface area contributed by atoms with Crippen LogP contribution in [0.25, 0.3) is 11.3 Å². The van der Waals surface area contributed by atoms with Crippen molar-refractivity contribution in [1.82, 2.24) is 9.88 Å². The first kappa shape index (κ1) is 17.0. The first-order chi connectivity index (χ1) is 12.1. The number of aromatic nitrogens is 1. The first-order valence-corrected chi connectivity index (χ1v) is 8.41. The highest BCUT2D eigenvalue weighted by Gasteiger charge is 2.12. The predicted molar refractivity (Wildman–Crippen MR) is 97.9 cm³/mol. The largest absolute Gasteiger partial charge is 0.441 e. The van der Waals surface area contributed by atoms with E-state index in [9.17, 15) is 4.79 Å². The molecule has 1 aromatic heterocycles. The molecular weight excluding hydrogens is 312 g/mol. The van der Waals surface area contributed by atoms with E-state index in [2.05, 4.69) is 4.98 Å². The third-order valence-electron chi connectivity index (χ3n) is 4.13. The Morgan fingerprint density at radius 3 is 2.52 bits per heavy atom. The number of hydrogen-bond donors (Lipinski definition) is 0. The van der Waals surface area contributed by atoms with Crippen LogP contribution in [0, 0.1) is 6.92 Å². The molecule has 1 heterocycles. The van der Waals surface area contributed by atoms with Gasteiger partial charge in [0.1, 0.15) is 0 Å². The maximum Gasteiger partial charge on any atom is 0.223 e. The average molecular weight is 334 g/mol. The van der Waals surface area contributed by atoms with E-state index < -0.39 is 0 Å². The third-order valence-corrected chi connectivity index (χ3v) is 4.13. The molecule has 0 spiro atoms. The standard InChI is InChI=1S/C21H22N2O2/c1-16-8-10-18(11-9-16)19-14-22-20(25-19)12-13-21(24)23(2)15-17-6-4-3-5-7-17/h3-11,14H,12-13,15H2,1-2H3. The fourth-order valence-electron chi connectivity index (χ4n) is 2.63. The number of carbonyl (C=O) groups excluding carboxylic acids is 1. The summed E-state index contributed by atoms with van der Waals surface area (Å²) in [6.45, 7) is 2.66. The molecule has 0 N–H and O–H groups in total. The highest BCUT2D eigenvalue weighted by atomic mass is 16.4. The first-order valence-electron chi connectivity index (χ1n) is 8.41. The zero-order valence-electron chi connectivity index (χ0n) is 14.6. The number of oxazole rings is 1. The van der Waals surface area contributed by atoms with Crippen LogP contribution in [-0.2, 0) is 17.8 Å². The van der Waals surface area contributed by atoms with E-state index in [1.165, 1.54) is 5.56 Å². The fraction of sp³-hybridized carbons (Fsp3) is 0.238. The van der Waals surface area contributed by atoms with E-state index in [-0.39, 0.29) is 5.91 Å². The molecule has 0 bridgehead atoms. The van der Waals surface area contributed by atoms with E-state index in [0.717, 1.165) is 16.9 Å². The summed E-state index contributed by atoms with van der Waals surface area (Å²) < 4.78 is 5.78. The van der Waals surface area contributed by atoms with Crippen molar-refractivity contribution in [3.63, 3.8) is 0 Å². The van der Waals surface area contributed by atoms with Crippen LogP contribution < -0.4 is 0 Å². The Hall–Kier alpha value is -2.88. The van der Waals surface area contributed by atoms with Crippen molar-refractivity contribution in [3.8, 4) is 11.3 Å². The Morgan fingerprint density at radius 2 is 1.80 bits per heavy atom.